The largest absolute Gasteiger partial charge is 0.402 e. The molecule has 0 aliphatic heterocycles. The summed E-state index contributed by atoms with van der Waals surface area (Å²) in [6, 6.07) is 4.19. The van der Waals surface area contributed by atoms with Gasteiger partial charge in [0.15, 0.2) is 0 Å². The molecule has 0 aromatic heterocycles. The van der Waals surface area contributed by atoms with Crippen molar-refractivity contribution >= 4 is 5.71 Å². The molecule has 2 heteroatoms. The number of allylic oxidation sites excluding steroid dienone is 2. The minimum Gasteiger partial charge on any atom is -0.402 e. The molecule has 0 unspecified atom stereocenters. The van der Waals surface area contributed by atoms with E-state index in [1.54, 1.807) is 13.0 Å². The molecule has 0 bridgehead atoms. The Balaban J connectivity index is 3.26. The van der Waals surface area contributed by atoms with Gasteiger partial charge >= 0.3 is 0 Å². The van der Waals surface area contributed by atoms with Crippen molar-refractivity contribution in [1.29, 1.82) is 5.41 Å². The fourth-order valence-corrected chi connectivity index (χ4v) is 1.90. The highest BCUT2D eigenvalue weighted by Crippen LogP contribution is 2.17. The van der Waals surface area contributed by atoms with Crippen molar-refractivity contribution in [2.45, 2.75) is 27.7 Å². The maximum absolute atomic E-state index is 7.96. The predicted octanol–water partition coefficient (Wildman–Crippen LogP) is 2.84. The molecule has 1 aromatic carbocycles. The number of hydrogen-bond donors (Lipinski definition) is 2. The molecule has 0 aliphatic rings. The van der Waals surface area contributed by atoms with Crippen molar-refractivity contribution < 1.29 is 0 Å². The third kappa shape index (κ3) is 2.69. The number of hydrogen-bond acceptors (Lipinski definition) is 2. The molecule has 0 spiro atoms. The second-order valence-corrected chi connectivity index (χ2v) is 4.08. The predicted molar refractivity (Wildman–Crippen MR) is 65.4 cm³/mol. The first kappa shape index (κ1) is 11.5. The van der Waals surface area contributed by atoms with Gasteiger partial charge in [0.25, 0.3) is 0 Å². The summed E-state index contributed by atoms with van der Waals surface area (Å²) < 4.78 is 0. The Morgan fingerprint density at radius 3 is 2.07 bits per heavy atom. The summed E-state index contributed by atoms with van der Waals surface area (Å²) in [7, 11) is 0. The zero-order valence-electron chi connectivity index (χ0n) is 9.81. The second kappa shape index (κ2) is 4.30. The first-order valence-electron chi connectivity index (χ1n) is 5.02. The minimum absolute atomic E-state index is 0.491. The number of rotatable bonds is 2. The van der Waals surface area contributed by atoms with Gasteiger partial charge in [-0.2, -0.15) is 0 Å². The van der Waals surface area contributed by atoms with Gasteiger partial charge < -0.3 is 11.1 Å². The fourth-order valence-electron chi connectivity index (χ4n) is 1.90. The van der Waals surface area contributed by atoms with Crippen LogP contribution in [0.4, 0.5) is 0 Å². The van der Waals surface area contributed by atoms with E-state index in [4.69, 9.17) is 11.1 Å². The Bertz CT molecular complexity index is 401. The molecule has 0 fully saturated rings. The molecule has 15 heavy (non-hydrogen) atoms. The lowest BCUT2D eigenvalue weighted by atomic mass is 9.96. The van der Waals surface area contributed by atoms with Crippen LogP contribution in [-0.4, -0.2) is 5.71 Å². The van der Waals surface area contributed by atoms with Gasteiger partial charge in [-0.25, -0.2) is 0 Å². The molecule has 1 rings (SSSR count). The highest BCUT2D eigenvalue weighted by Gasteiger charge is 2.07. The monoisotopic (exact) mass is 202 g/mol. The Labute approximate surface area is 91.3 Å². The minimum atomic E-state index is 0.491. The third-order valence-electron chi connectivity index (χ3n) is 2.32. The smallest absolute Gasteiger partial charge is 0.0634 e. The first-order valence-corrected chi connectivity index (χ1v) is 5.02. The summed E-state index contributed by atoms with van der Waals surface area (Å²) >= 11 is 0. The van der Waals surface area contributed by atoms with Crippen LogP contribution >= 0.6 is 0 Å². The van der Waals surface area contributed by atoms with E-state index in [1.807, 2.05) is 13.8 Å². The highest BCUT2D eigenvalue weighted by molar-refractivity contribution is 6.08. The summed E-state index contributed by atoms with van der Waals surface area (Å²) in [5, 5.41) is 7.96. The van der Waals surface area contributed by atoms with Crippen molar-refractivity contribution in [2.24, 2.45) is 5.73 Å². The Morgan fingerprint density at radius 1 is 1.20 bits per heavy atom. The normalized spacial score (nSPS) is 11.6. The van der Waals surface area contributed by atoms with Crippen LogP contribution in [-0.2, 0) is 0 Å². The van der Waals surface area contributed by atoms with E-state index < -0.39 is 0 Å². The third-order valence-corrected chi connectivity index (χ3v) is 2.32. The van der Waals surface area contributed by atoms with Crippen LogP contribution in [0, 0.1) is 26.2 Å². The van der Waals surface area contributed by atoms with Crippen molar-refractivity contribution in [2.75, 3.05) is 0 Å². The Hall–Kier alpha value is -1.57. The van der Waals surface area contributed by atoms with Gasteiger partial charge in [-0.3, -0.25) is 0 Å². The lowest BCUT2D eigenvalue weighted by Gasteiger charge is -2.10. The van der Waals surface area contributed by atoms with E-state index in [0.29, 0.717) is 11.4 Å². The van der Waals surface area contributed by atoms with Crippen LogP contribution < -0.4 is 5.73 Å². The second-order valence-electron chi connectivity index (χ2n) is 4.08. The summed E-state index contributed by atoms with van der Waals surface area (Å²) in [5.41, 5.74) is 11.2. The molecular weight excluding hydrogens is 184 g/mol. The quantitative estimate of drug-likeness (QED) is 0.712. The Kier molecular flexibility index (Phi) is 3.30. The summed E-state index contributed by atoms with van der Waals surface area (Å²) in [4.78, 5) is 0. The van der Waals surface area contributed by atoms with Crippen molar-refractivity contribution in [3.63, 3.8) is 0 Å². The maximum Gasteiger partial charge on any atom is 0.0634 e. The number of nitrogens with one attached hydrogen (secondary N) is 1. The van der Waals surface area contributed by atoms with Gasteiger partial charge in [-0.15, -0.1) is 0 Å². The van der Waals surface area contributed by atoms with Crippen LogP contribution in [0.5, 0.6) is 0 Å². The average molecular weight is 202 g/mol. The maximum atomic E-state index is 7.96. The molecule has 0 heterocycles. The molecular formula is C13H18N2. The van der Waals surface area contributed by atoms with E-state index in [2.05, 4.69) is 19.1 Å². The van der Waals surface area contributed by atoms with Gasteiger partial charge in [-0.05, 0) is 44.9 Å². The number of aryl methyl sites for hydroxylation is 3. The summed E-state index contributed by atoms with van der Waals surface area (Å²) in [6.07, 6.45) is 1.70. The lowest BCUT2D eigenvalue weighted by molar-refractivity contribution is 1.28. The van der Waals surface area contributed by atoms with Crippen molar-refractivity contribution in [3.05, 3.63) is 46.2 Å². The SMILES string of the molecule is CC(N)=CC(=N)c1c(C)cc(C)cc1C. The van der Waals surface area contributed by atoms with Gasteiger partial charge in [0.1, 0.15) is 0 Å². The topological polar surface area (TPSA) is 49.9 Å². The van der Waals surface area contributed by atoms with Crippen LogP contribution in [0.1, 0.15) is 29.2 Å². The molecule has 80 valence electrons. The number of benzene rings is 1. The van der Waals surface area contributed by atoms with Crippen LogP contribution in [0.25, 0.3) is 0 Å². The molecule has 0 saturated heterocycles. The van der Waals surface area contributed by atoms with Gasteiger partial charge in [0.05, 0.1) is 5.71 Å². The number of nitrogens with two attached hydrogens (primary N) is 1. The average Bonchev–Trinajstić information content (AvgIpc) is 1.99. The van der Waals surface area contributed by atoms with E-state index >= 15 is 0 Å². The standard InChI is InChI=1S/C13H18N2/c1-8-5-9(2)13(10(3)6-8)12(15)7-11(4)14/h5-7,15H,14H2,1-4H3. The molecule has 0 amide bonds. The Morgan fingerprint density at radius 2 is 1.67 bits per heavy atom. The van der Waals surface area contributed by atoms with E-state index in [1.165, 1.54) is 5.56 Å². The fraction of sp³-hybridized carbons (Fsp3) is 0.308. The van der Waals surface area contributed by atoms with Crippen molar-refractivity contribution in [3.8, 4) is 0 Å². The van der Waals surface area contributed by atoms with Crippen LogP contribution in [0.15, 0.2) is 23.9 Å². The molecule has 2 nitrogen and oxygen atoms in total. The van der Waals surface area contributed by atoms with Crippen LogP contribution in [0.3, 0.4) is 0 Å². The first-order chi connectivity index (χ1) is 6.91. The molecule has 0 aliphatic carbocycles. The summed E-state index contributed by atoms with van der Waals surface area (Å²) in [5.74, 6) is 0. The van der Waals surface area contributed by atoms with Crippen LogP contribution in [0.2, 0.25) is 0 Å². The van der Waals surface area contributed by atoms with E-state index in [9.17, 15) is 0 Å². The zero-order chi connectivity index (χ0) is 11.6. The van der Waals surface area contributed by atoms with Crippen molar-refractivity contribution in [1.82, 2.24) is 0 Å². The molecule has 3 N–H and O–H groups in total. The molecule has 0 radical (unpaired) electrons. The lowest BCUT2D eigenvalue weighted by Crippen LogP contribution is -2.05. The van der Waals surface area contributed by atoms with E-state index in [0.717, 1.165) is 16.7 Å². The van der Waals surface area contributed by atoms with Gasteiger partial charge in [0, 0.05) is 11.3 Å². The zero-order valence-corrected chi connectivity index (χ0v) is 9.81. The van der Waals surface area contributed by atoms with Gasteiger partial charge in [-0.1, -0.05) is 17.7 Å². The molecule has 0 atom stereocenters. The van der Waals surface area contributed by atoms with E-state index in [-0.39, 0.29) is 0 Å². The highest BCUT2D eigenvalue weighted by atomic mass is 14.6. The summed E-state index contributed by atoms with van der Waals surface area (Å²) in [6.45, 7) is 7.93. The molecule has 0 saturated carbocycles. The van der Waals surface area contributed by atoms with Gasteiger partial charge in [0.2, 0.25) is 0 Å². The molecule has 1 aromatic rings.